The van der Waals surface area contributed by atoms with Crippen molar-refractivity contribution in [2.75, 3.05) is 20.2 Å². The minimum atomic E-state index is 0. The molecule has 0 saturated heterocycles. The van der Waals surface area contributed by atoms with Crippen molar-refractivity contribution in [2.24, 2.45) is 4.99 Å². The topological polar surface area (TPSA) is 93.8 Å². The normalized spacial score (nSPS) is 14.3. The molecule has 0 atom stereocenters. The van der Waals surface area contributed by atoms with Crippen LogP contribution in [-0.2, 0) is 13.0 Å². The quantitative estimate of drug-likeness (QED) is 0.291. The van der Waals surface area contributed by atoms with Crippen molar-refractivity contribution in [3.8, 4) is 11.5 Å². The second kappa shape index (κ2) is 12.6. The maximum atomic E-state index is 6.30. The molecule has 0 radical (unpaired) electrons. The van der Waals surface area contributed by atoms with E-state index in [9.17, 15) is 0 Å². The molecule has 1 aliphatic rings. The number of benzene rings is 1. The van der Waals surface area contributed by atoms with Gasteiger partial charge < -0.3 is 24.6 Å². The summed E-state index contributed by atoms with van der Waals surface area (Å²) in [6, 6.07) is 5.96. The van der Waals surface area contributed by atoms with Crippen molar-refractivity contribution < 1.29 is 14.0 Å². The van der Waals surface area contributed by atoms with Crippen LogP contribution < -0.4 is 20.1 Å². The molecule has 1 aromatic carbocycles. The van der Waals surface area contributed by atoms with Crippen LogP contribution >= 0.6 is 24.0 Å². The highest BCUT2D eigenvalue weighted by atomic mass is 127. The van der Waals surface area contributed by atoms with Crippen molar-refractivity contribution in [2.45, 2.75) is 58.6 Å². The average molecular weight is 529 g/mol. The summed E-state index contributed by atoms with van der Waals surface area (Å²) >= 11 is 0. The number of aliphatic imine (C=N–C) groups is 1. The summed E-state index contributed by atoms with van der Waals surface area (Å²) in [6.07, 6.45) is 5.54. The number of hydrogen-bond donors (Lipinski definition) is 2. The molecular weight excluding hydrogens is 497 g/mol. The summed E-state index contributed by atoms with van der Waals surface area (Å²) in [5.74, 6) is 3.56. The molecule has 30 heavy (non-hydrogen) atoms. The van der Waals surface area contributed by atoms with Crippen molar-refractivity contribution in [3.63, 3.8) is 0 Å². The number of guanidine groups is 1. The van der Waals surface area contributed by atoms with E-state index in [1.807, 2.05) is 32.0 Å². The molecule has 1 saturated carbocycles. The summed E-state index contributed by atoms with van der Waals surface area (Å²) in [4.78, 5) is 8.94. The number of rotatable bonds is 9. The lowest BCUT2D eigenvalue weighted by Crippen LogP contribution is -2.38. The SMILES string of the molecule is CCNC(=NCc1cccc(OC)c1OC1CCCC1)NCCc1nc(C)no1.I. The van der Waals surface area contributed by atoms with E-state index in [-0.39, 0.29) is 30.1 Å². The van der Waals surface area contributed by atoms with Gasteiger partial charge in [-0.1, -0.05) is 17.3 Å². The van der Waals surface area contributed by atoms with Crippen molar-refractivity contribution in [3.05, 3.63) is 35.5 Å². The summed E-state index contributed by atoms with van der Waals surface area (Å²) in [5, 5.41) is 10.4. The van der Waals surface area contributed by atoms with Gasteiger partial charge in [-0.05, 0) is 45.6 Å². The highest BCUT2D eigenvalue weighted by Gasteiger charge is 2.20. The predicted octanol–water partition coefficient (Wildman–Crippen LogP) is 3.62. The highest BCUT2D eigenvalue weighted by molar-refractivity contribution is 14.0. The summed E-state index contributed by atoms with van der Waals surface area (Å²) in [6.45, 7) is 5.77. The molecule has 3 rings (SSSR count). The number of para-hydroxylation sites is 1. The third-order valence-corrected chi connectivity index (χ3v) is 4.82. The zero-order chi connectivity index (χ0) is 20.5. The molecule has 2 N–H and O–H groups in total. The molecule has 9 heteroatoms. The van der Waals surface area contributed by atoms with Crippen LogP contribution in [0.2, 0.25) is 0 Å². The van der Waals surface area contributed by atoms with Crippen LogP contribution in [0.3, 0.4) is 0 Å². The van der Waals surface area contributed by atoms with Gasteiger partial charge in [0, 0.05) is 25.1 Å². The Morgan fingerprint density at radius 3 is 2.73 bits per heavy atom. The molecule has 0 spiro atoms. The van der Waals surface area contributed by atoms with Crippen LogP contribution in [0.15, 0.2) is 27.7 Å². The molecule has 1 aliphatic carbocycles. The van der Waals surface area contributed by atoms with Gasteiger partial charge >= 0.3 is 0 Å². The van der Waals surface area contributed by atoms with Gasteiger partial charge in [0.05, 0.1) is 19.8 Å². The second-order valence-corrected chi connectivity index (χ2v) is 7.08. The Labute approximate surface area is 195 Å². The highest BCUT2D eigenvalue weighted by Crippen LogP contribution is 2.35. The number of aromatic nitrogens is 2. The van der Waals surface area contributed by atoms with E-state index in [0.717, 1.165) is 42.4 Å². The largest absolute Gasteiger partial charge is 0.493 e. The van der Waals surface area contributed by atoms with E-state index in [1.165, 1.54) is 12.8 Å². The molecule has 2 aromatic rings. The van der Waals surface area contributed by atoms with E-state index in [4.69, 9.17) is 19.0 Å². The van der Waals surface area contributed by atoms with E-state index in [1.54, 1.807) is 7.11 Å². The zero-order valence-corrected chi connectivity index (χ0v) is 20.3. The van der Waals surface area contributed by atoms with Crippen LogP contribution in [-0.4, -0.2) is 42.4 Å². The van der Waals surface area contributed by atoms with Crippen LogP contribution in [0.5, 0.6) is 11.5 Å². The minimum Gasteiger partial charge on any atom is -0.493 e. The number of nitrogens with zero attached hydrogens (tertiary/aromatic N) is 3. The second-order valence-electron chi connectivity index (χ2n) is 7.08. The first-order valence-electron chi connectivity index (χ1n) is 10.3. The van der Waals surface area contributed by atoms with Gasteiger partial charge in [0.25, 0.3) is 0 Å². The molecule has 1 aromatic heterocycles. The Balaban J connectivity index is 0.00000320. The molecule has 8 nitrogen and oxygen atoms in total. The van der Waals surface area contributed by atoms with Crippen LogP contribution in [0.25, 0.3) is 0 Å². The Kier molecular flexibility index (Phi) is 10.2. The molecular formula is C21H32IN5O3. The van der Waals surface area contributed by atoms with Gasteiger partial charge in [-0.2, -0.15) is 4.98 Å². The van der Waals surface area contributed by atoms with Crippen molar-refractivity contribution in [1.82, 2.24) is 20.8 Å². The van der Waals surface area contributed by atoms with Gasteiger partial charge in [0.2, 0.25) is 5.89 Å². The molecule has 0 aliphatic heterocycles. The number of ether oxygens (including phenoxy) is 2. The van der Waals surface area contributed by atoms with Crippen LogP contribution in [0.1, 0.15) is 49.9 Å². The standard InChI is InChI=1S/C21H31N5O3.HI/c1-4-22-21(23-13-12-19-25-15(2)26-29-19)24-14-16-8-7-11-18(27-3)20(16)28-17-9-5-6-10-17;/h7-8,11,17H,4-6,9-10,12-14H2,1-3H3,(H2,22,23,24);1H. The van der Waals surface area contributed by atoms with Crippen molar-refractivity contribution >= 4 is 29.9 Å². The Morgan fingerprint density at radius 2 is 2.07 bits per heavy atom. The first kappa shape index (κ1) is 24.2. The van der Waals surface area contributed by atoms with E-state index in [2.05, 4.69) is 20.8 Å². The van der Waals surface area contributed by atoms with Gasteiger partial charge in [0.1, 0.15) is 0 Å². The molecule has 0 amide bonds. The minimum absolute atomic E-state index is 0. The third kappa shape index (κ3) is 7.03. The number of methoxy groups -OCH3 is 1. The lowest BCUT2D eigenvalue weighted by molar-refractivity contribution is 0.198. The van der Waals surface area contributed by atoms with Gasteiger partial charge in [-0.25, -0.2) is 4.99 Å². The molecule has 0 unspecified atom stereocenters. The van der Waals surface area contributed by atoms with Crippen LogP contribution in [0.4, 0.5) is 0 Å². The van der Waals surface area contributed by atoms with E-state index < -0.39 is 0 Å². The summed E-state index contributed by atoms with van der Waals surface area (Å²) in [7, 11) is 1.68. The van der Waals surface area contributed by atoms with Gasteiger partial charge in [0.15, 0.2) is 23.3 Å². The molecule has 1 heterocycles. The third-order valence-electron chi connectivity index (χ3n) is 4.82. The van der Waals surface area contributed by atoms with E-state index in [0.29, 0.717) is 31.2 Å². The first-order valence-corrected chi connectivity index (χ1v) is 10.3. The van der Waals surface area contributed by atoms with E-state index >= 15 is 0 Å². The fourth-order valence-electron chi connectivity index (χ4n) is 3.39. The Bertz CT molecular complexity index is 806. The van der Waals surface area contributed by atoms with Crippen LogP contribution in [0, 0.1) is 6.92 Å². The fraction of sp³-hybridized carbons (Fsp3) is 0.571. The lowest BCUT2D eigenvalue weighted by atomic mass is 10.1. The van der Waals surface area contributed by atoms with Gasteiger partial charge in [-0.15, -0.1) is 24.0 Å². The first-order chi connectivity index (χ1) is 14.2. The maximum absolute atomic E-state index is 6.30. The predicted molar refractivity (Wildman–Crippen MR) is 127 cm³/mol. The summed E-state index contributed by atoms with van der Waals surface area (Å²) in [5.41, 5.74) is 1.01. The zero-order valence-electron chi connectivity index (χ0n) is 17.9. The molecule has 1 fully saturated rings. The molecule has 0 bridgehead atoms. The average Bonchev–Trinajstić information content (AvgIpc) is 3.38. The van der Waals surface area contributed by atoms with Crippen molar-refractivity contribution in [1.29, 1.82) is 0 Å². The maximum Gasteiger partial charge on any atom is 0.228 e. The smallest absolute Gasteiger partial charge is 0.228 e. The monoisotopic (exact) mass is 529 g/mol. The molecule has 166 valence electrons. The summed E-state index contributed by atoms with van der Waals surface area (Å²) < 4.78 is 17.0. The Morgan fingerprint density at radius 1 is 1.27 bits per heavy atom. The van der Waals surface area contributed by atoms with Gasteiger partial charge in [-0.3, -0.25) is 0 Å². The number of hydrogen-bond acceptors (Lipinski definition) is 6. The lowest BCUT2D eigenvalue weighted by Gasteiger charge is -2.19. The number of halogens is 1. The number of aryl methyl sites for hydroxylation is 1. The fourth-order valence-corrected chi connectivity index (χ4v) is 3.39. The Hall–Kier alpha value is -2.04. The number of nitrogens with one attached hydrogen (secondary N) is 2.